The number of nitrogens with one attached hydrogen (secondary N) is 1. The number of aryl methyl sites for hydroxylation is 1. The van der Waals surface area contributed by atoms with E-state index in [0.717, 1.165) is 12.0 Å². The summed E-state index contributed by atoms with van der Waals surface area (Å²) in [7, 11) is 0. The molecule has 2 N–H and O–H groups in total. The lowest BCUT2D eigenvalue weighted by Gasteiger charge is -2.33. The number of hydrogen-bond acceptors (Lipinski definition) is 3. The quantitative estimate of drug-likeness (QED) is 0.816. The van der Waals surface area contributed by atoms with E-state index in [0.29, 0.717) is 31.5 Å². The van der Waals surface area contributed by atoms with Gasteiger partial charge in [-0.2, -0.15) is 0 Å². The number of amides is 2. The van der Waals surface area contributed by atoms with Gasteiger partial charge < -0.3 is 15.3 Å². The number of aliphatic carboxylic acids is 1. The van der Waals surface area contributed by atoms with Crippen LogP contribution in [0.3, 0.4) is 0 Å². The minimum atomic E-state index is -1.02. The van der Waals surface area contributed by atoms with Gasteiger partial charge in [-0.05, 0) is 37.8 Å². The Morgan fingerprint density at radius 3 is 2.50 bits per heavy atom. The molecule has 0 aliphatic carbocycles. The maximum atomic E-state index is 12.7. The fraction of sp³-hybridized carbons (Fsp3) is 0.550. The van der Waals surface area contributed by atoms with Crippen LogP contribution in [0.4, 0.5) is 0 Å². The van der Waals surface area contributed by atoms with E-state index in [2.05, 4.69) is 5.32 Å². The topological polar surface area (TPSA) is 86.7 Å². The highest BCUT2D eigenvalue weighted by molar-refractivity contribution is 5.95. The first-order valence-corrected chi connectivity index (χ1v) is 9.22. The number of piperidine rings is 1. The minimum absolute atomic E-state index is 0.0841. The van der Waals surface area contributed by atoms with Gasteiger partial charge >= 0.3 is 5.97 Å². The Morgan fingerprint density at radius 1 is 1.27 bits per heavy atom. The molecular formula is C20H28N2O4. The van der Waals surface area contributed by atoms with Crippen LogP contribution in [0, 0.1) is 18.8 Å². The van der Waals surface area contributed by atoms with Gasteiger partial charge in [-0.3, -0.25) is 9.59 Å². The summed E-state index contributed by atoms with van der Waals surface area (Å²) in [6.07, 6.45) is 2.06. The average molecular weight is 360 g/mol. The zero-order valence-electron chi connectivity index (χ0n) is 15.7. The van der Waals surface area contributed by atoms with Gasteiger partial charge in [-0.15, -0.1) is 0 Å². The van der Waals surface area contributed by atoms with Gasteiger partial charge in [0, 0.05) is 18.7 Å². The summed E-state index contributed by atoms with van der Waals surface area (Å²) in [5, 5.41) is 12.0. The summed E-state index contributed by atoms with van der Waals surface area (Å²) in [5.41, 5.74) is 1.70. The number of likely N-dealkylation sites (tertiary alicyclic amines) is 1. The molecule has 1 aromatic carbocycles. The Balaban J connectivity index is 2.02. The molecule has 3 unspecified atom stereocenters. The Kier molecular flexibility index (Phi) is 6.77. The molecule has 1 heterocycles. The molecule has 0 spiro atoms. The van der Waals surface area contributed by atoms with Crippen molar-refractivity contribution < 1.29 is 19.5 Å². The van der Waals surface area contributed by atoms with Gasteiger partial charge in [-0.1, -0.05) is 38.0 Å². The number of carboxylic acids is 1. The largest absolute Gasteiger partial charge is 0.480 e. The fourth-order valence-corrected chi connectivity index (χ4v) is 3.21. The van der Waals surface area contributed by atoms with E-state index < -0.39 is 12.0 Å². The van der Waals surface area contributed by atoms with E-state index in [1.807, 2.05) is 32.9 Å². The summed E-state index contributed by atoms with van der Waals surface area (Å²) in [4.78, 5) is 38.4. The maximum Gasteiger partial charge on any atom is 0.326 e. The van der Waals surface area contributed by atoms with Gasteiger partial charge in [0.15, 0.2) is 0 Å². The second-order valence-electron chi connectivity index (χ2n) is 7.17. The van der Waals surface area contributed by atoms with Gasteiger partial charge in [0.05, 0.1) is 5.92 Å². The average Bonchev–Trinajstić information content (AvgIpc) is 2.65. The summed E-state index contributed by atoms with van der Waals surface area (Å²) in [5.74, 6) is -1.90. The predicted octanol–water partition coefficient (Wildman–Crippen LogP) is 2.46. The first kappa shape index (κ1) is 19.9. The molecule has 6 nitrogen and oxygen atoms in total. The van der Waals surface area contributed by atoms with E-state index in [1.165, 1.54) is 0 Å². The van der Waals surface area contributed by atoms with Crippen molar-refractivity contribution in [2.75, 3.05) is 13.1 Å². The minimum Gasteiger partial charge on any atom is -0.480 e. The van der Waals surface area contributed by atoms with E-state index in [4.69, 9.17) is 0 Å². The van der Waals surface area contributed by atoms with Gasteiger partial charge in [-0.25, -0.2) is 4.79 Å². The molecule has 1 saturated heterocycles. The number of carboxylic acid groups (broad SMARTS) is 1. The van der Waals surface area contributed by atoms with Crippen LogP contribution in [-0.2, 0) is 9.59 Å². The number of carbonyl (C=O) groups excluding carboxylic acids is 2. The molecule has 0 radical (unpaired) electrons. The SMILES string of the molecule is CCC(C)C(NC(=O)C1CCCN(C(=O)c2ccc(C)cc2)C1)C(=O)O. The zero-order valence-corrected chi connectivity index (χ0v) is 15.7. The van der Waals surface area contributed by atoms with Crippen LogP contribution < -0.4 is 5.32 Å². The van der Waals surface area contributed by atoms with Crippen LogP contribution in [0.25, 0.3) is 0 Å². The summed E-state index contributed by atoms with van der Waals surface area (Å²) in [6, 6.07) is 6.49. The van der Waals surface area contributed by atoms with Crippen LogP contribution >= 0.6 is 0 Å². The Morgan fingerprint density at radius 2 is 1.92 bits per heavy atom. The molecule has 142 valence electrons. The predicted molar refractivity (Wildman–Crippen MR) is 98.8 cm³/mol. The Bertz CT molecular complexity index is 656. The molecule has 0 saturated carbocycles. The lowest BCUT2D eigenvalue weighted by molar-refractivity contribution is -0.144. The highest BCUT2D eigenvalue weighted by atomic mass is 16.4. The third-order valence-electron chi connectivity index (χ3n) is 5.15. The van der Waals surface area contributed by atoms with E-state index in [-0.39, 0.29) is 23.7 Å². The Labute approximate surface area is 154 Å². The van der Waals surface area contributed by atoms with Crippen molar-refractivity contribution in [2.24, 2.45) is 11.8 Å². The van der Waals surface area contributed by atoms with Gasteiger partial charge in [0.1, 0.15) is 6.04 Å². The van der Waals surface area contributed by atoms with Crippen molar-refractivity contribution in [1.29, 1.82) is 0 Å². The molecule has 26 heavy (non-hydrogen) atoms. The maximum absolute atomic E-state index is 12.7. The standard InChI is InChI=1S/C20H28N2O4/c1-4-14(3)17(20(25)26)21-18(23)16-6-5-11-22(12-16)19(24)15-9-7-13(2)8-10-15/h7-10,14,16-17H,4-6,11-12H2,1-3H3,(H,21,23)(H,25,26). The van der Waals surface area contributed by atoms with Crippen LogP contribution in [-0.4, -0.2) is 46.9 Å². The molecule has 1 aliphatic rings. The number of nitrogens with zero attached hydrogens (tertiary/aromatic N) is 1. The molecule has 2 amide bonds. The normalized spacial score (nSPS) is 19.5. The number of benzene rings is 1. The third kappa shape index (κ3) is 4.84. The third-order valence-corrected chi connectivity index (χ3v) is 5.15. The lowest BCUT2D eigenvalue weighted by Crippen LogP contribution is -2.51. The monoisotopic (exact) mass is 360 g/mol. The van der Waals surface area contributed by atoms with E-state index >= 15 is 0 Å². The second kappa shape index (κ2) is 8.83. The number of carbonyl (C=O) groups is 3. The molecular weight excluding hydrogens is 332 g/mol. The molecule has 1 aromatic rings. The number of hydrogen-bond donors (Lipinski definition) is 2. The molecule has 0 aromatic heterocycles. The van der Waals surface area contributed by atoms with Crippen molar-refractivity contribution in [1.82, 2.24) is 10.2 Å². The highest BCUT2D eigenvalue weighted by Gasteiger charge is 2.32. The smallest absolute Gasteiger partial charge is 0.326 e. The Hall–Kier alpha value is -2.37. The zero-order chi connectivity index (χ0) is 19.3. The molecule has 6 heteroatoms. The number of rotatable bonds is 6. The van der Waals surface area contributed by atoms with Crippen molar-refractivity contribution in [3.05, 3.63) is 35.4 Å². The molecule has 0 bridgehead atoms. The molecule has 1 fully saturated rings. The molecule has 2 rings (SSSR count). The molecule has 1 aliphatic heterocycles. The van der Waals surface area contributed by atoms with E-state index in [1.54, 1.807) is 17.0 Å². The first-order chi connectivity index (χ1) is 12.3. The van der Waals surface area contributed by atoms with Crippen LogP contribution in [0.5, 0.6) is 0 Å². The molecule has 3 atom stereocenters. The summed E-state index contributed by atoms with van der Waals surface area (Å²) < 4.78 is 0. The second-order valence-corrected chi connectivity index (χ2v) is 7.17. The van der Waals surface area contributed by atoms with Crippen LogP contribution in [0.2, 0.25) is 0 Å². The van der Waals surface area contributed by atoms with Crippen LogP contribution in [0.1, 0.15) is 49.0 Å². The lowest BCUT2D eigenvalue weighted by atomic mass is 9.94. The summed E-state index contributed by atoms with van der Waals surface area (Å²) >= 11 is 0. The van der Waals surface area contributed by atoms with E-state index in [9.17, 15) is 19.5 Å². The summed E-state index contributed by atoms with van der Waals surface area (Å²) in [6.45, 7) is 6.61. The van der Waals surface area contributed by atoms with Crippen molar-refractivity contribution >= 4 is 17.8 Å². The van der Waals surface area contributed by atoms with Crippen molar-refractivity contribution in [2.45, 2.75) is 46.1 Å². The van der Waals surface area contributed by atoms with Crippen molar-refractivity contribution in [3.63, 3.8) is 0 Å². The van der Waals surface area contributed by atoms with Crippen LogP contribution in [0.15, 0.2) is 24.3 Å². The fourth-order valence-electron chi connectivity index (χ4n) is 3.21. The van der Waals surface area contributed by atoms with Crippen molar-refractivity contribution in [3.8, 4) is 0 Å². The van der Waals surface area contributed by atoms with Gasteiger partial charge in [0.2, 0.25) is 5.91 Å². The first-order valence-electron chi connectivity index (χ1n) is 9.22. The van der Waals surface area contributed by atoms with Gasteiger partial charge in [0.25, 0.3) is 5.91 Å². The highest BCUT2D eigenvalue weighted by Crippen LogP contribution is 2.20.